The monoisotopic (exact) mass is 1240 g/mol. The Morgan fingerprint density at radius 2 is 0.880 bits per heavy atom. The summed E-state index contributed by atoms with van der Waals surface area (Å²) < 4.78 is 37.4. The number of likely N-dealkylation sites (N-methyl/N-ethyl adjacent to an activating group) is 2. The van der Waals surface area contributed by atoms with Gasteiger partial charge in [0.1, 0.15) is 11.4 Å². The minimum Gasteiger partial charge on any atom is -0.377 e. The van der Waals surface area contributed by atoms with E-state index in [-0.39, 0.29) is 36.3 Å². The van der Waals surface area contributed by atoms with Crippen molar-refractivity contribution in [3.8, 4) is 22.5 Å². The van der Waals surface area contributed by atoms with Gasteiger partial charge in [-0.25, -0.2) is 19.0 Å². The Labute approximate surface area is 511 Å². The second-order valence-corrected chi connectivity index (χ2v) is 21.8. The third-order valence-electron chi connectivity index (χ3n) is 13.9. The van der Waals surface area contributed by atoms with Crippen LogP contribution in [0.4, 0.5) is 9.59 Å². The van der Waals surface area contributed by atoms with E-state index in [4.69, 9.17) is 74.8 Å². The van der Waals surface area contributed by atoms with Crippen LogP contribution in [0.5, 0.6) is 0 Å². The minimum atomic E-state index is -0.272. The first-order valence-corrected chi connectivity index (χ1v) is 29.3. The average Bonchev–Trinajstić information content (AvgIpc) is 3.83. The Kier molecular flexibility index (Phi) is 27.3. The van der Waals surface area contributed by atoms with Crippen LogP contribution < -0.4 is 21.3 Å². The number of halogens is 5. The highest BCUT2D eigenvalue weighted by Crippen LogP contribution is 2.41. The number of benzene rings is 4. The predicted octanol–water partition coefficient (Wildman–Crippen LogP) is 8.57. The number of amides is 4. The Balaban J connectivity index is 0.00000990. The topological polar surface area (TPSA) is 206 Å². The normalized spacial score (nSPS) is 15.1. The van der Waals surface area contributed by atoms with Crippen molar-refractivity contribution in [3.63, 3.8) is 0 Å². The molecule has 2 aliphatic heterocycles. The van der Waals surface area contributed by atoms with Crippen LogP contribution in [0.2, 0.25) is 20.1 Å². The number of nitrogens with zero attached hydrogens (tertiary/aromatic N) is 8. The van der Waals surface area contributed by atoms with Gasteiger partial charge in [-0.3, -0.25) is 0 Å². The van der Waals surface area contributed by atoms with E-state index in [9.17, 15) is 9.59 Å². The van der Waals surface area contributed by atoms with E-state index in [2.05, 4.69) is 102 Å². The van der Waals surface area contributed by atoms with E-state index in [1.165, 1.54) is 22.3 Å². The zero-order valence-corrected chi connectivity index (χ0v) is 50.8. The molecule has 4 aromatic carbocycles. The first-order valence-electron chi connectivity index (χ1n) is 27.8. The molecule has 0 unspecified atom stereocenters. The first-order chi connectivity index (χ1) is 40.0. The lowest BCUT2D eigenvalue weighted by molar-refractivity contribution is 0.0135. The van der Waals surface area contributed by atoms with Crippen molar-refractivity contribution in [3.05, 3.63) is 139 Å². The van der Waals surface area contributed by atoms with E-state index in [0.29, 0.717) is 151 Å². The highest BCUT2D eigenvalue weighted by molar-refractivity contribution is 6.35. The summed E-state index contributed by atoms with van der Waals surface area (Å²) in [5.41, 5.74) is 10.5. The summed E-state index contributed by atoms with van der Waals surface area (Å²) in [6, 6.07) is 23.9. The number of hydrogen-bond acceptors (Lipinski definition) is 14. The lowest BCUT2D eigenvalue weighted by Crippen LogP contribution is -2.39. The highest BCUT2D eigenvalue weighted by Gasteiger charge is 2.29. The fraction of sp³-hybridized carbons (Fsp3) is 0.483. The summed E-state index contributed by atoms with van der Waals surface area (Å²) in [6.45, 7) is 11.1. The summed E-state index contributed by atoms with van der Waals surface area (Å²) in [5.74, 6) is 0.268. The maximum absolute atomic E-state index is 12.1. The van der Waals surface area contributed by atoms with Gasteiger partial charge in [0.15, 0.2) is 0 Å². The van der Waals surface area contributed by atoms with Gasteiger partial charge in [0, 0.05) is 95.4 Å². The number of unbranched alkanes of at least 4 members (excludes halogenated alkanes) is 1. The lowest BCUT2D eigenvalue weighted by Gasteiger charge is -2.33. The third-order valence-corrected chi connectivity index (χ3v) is 15.0. The number of ether oxygens (including phenoxy) is 6. The van der Waals surface area contributed by atoms with E-state index in [0.717, 1.165) is 59.8 Å². The Bertz CT molecular complexity index is 2780. The second kappa shape index (κ2) is 34.7. The predicted molar refractivity (Wildman–Crippen MR) is 324 cm³/mol. The molecule has 25 heteroatoms. The molecule has 0 saturated heterocycles. The number of fused-ring (bicyclic) bond motifs is 2. The fourth-order valence-electron chi connectivity index (χ4n) is 9.82. The molecule has 4 N–H and O–H groups in total. The van der Waals surface area contributed by atoms with E-state index in [1.807, 2.05) is 48.8 Å². The minimum absolute atomic E-state index is 0. The van der Waals surface area contributed by atoms with Crippen molar-refractivity contribution in [1.82, 2.24) is 61.1 Å². The number of hydrogen-bond donors (Lipinski definition) is 4. The van der Waals surface area contributed by atoms with E-state index < -0.39 is 0 Å². The number of carbonyl (C=O) groups excluding carboxylic acids is 2. The van der Waals surface area contributed by atoms with Gasteiger partial charge in [0.25, 0.3) is 0 Å². The number of aromatic nitrogens is 6. The molecule has 83 heavy (non-hydrogen) atoms. The standard InChI is InChI=1S/C58H74Cl4N12O8.ClH/c1-71-35-49(47-31-45(59)33-53(61)51(47)37-71)41-7-5-9-43(29-41)55-39-73(69-67-55)15-19-79-23-27-81-25-21-77-17-13-65-57(75)63-11-3-4-12-64-58(76)66-14-18-78-22-26-82-28-24-80-20-16-74-40-56(68-70-74)44-10-6-8-42(30-44)50-36-72(2)38-52-48(50)32-46(60)34-54(52)62;/h5-10,29-34,39-40,49-50H,3-4,11-28,35-38H2,1-2H3,(H2,63,65,75)(H2,64,66,76);1H/t49-,50-;/m0./s1. The van der Waals surface area contributed by atoms with Gasteiger partial charge < -0.3 is 59.5 Å². The molecule has 4 heterocycles. The molecule has 6 aromatic rings. The second-order valence-electron chi connectivity index (χ2n) is 20.1. The zero-order chi connectivity index (χ0) is 57.5. The van der Waals surface area contributed by atoms with Gasteiger partial charge in [-0.1, -0.05) is 93.2 Å². The van der Waals surface area contributed by atoms with Crippen LogP contribution in [0.3, 0.4) is 0 Å². The molecule has 2 atom stereocenters. The zero-order valence-electron chi connectivity index (χ0n) is 47.0. The average molecular weight is 1250 g/mol. The number of nitrogens with one attached hydrogen (secondary N) is 4. The van der Waals surface area contributed by atoms with Crippen molar-refractivity contribution >= 4 is 70.9 Å². The summed E-state index contributed by atoms with van der Waals surface area (Å²) in [5, 5.41) is 31.3. The summed E-state index contributed by atoms with van der Waals surface area (Å²) >= 11 is 26.0. The van der Waals surface area contributed by atoms with Crippen LogP contribution in [0.15, 0.2) is 85.2 Å². The molecule has 450 valence electrons. The maximum Gasteiger partial charge on any atom is 0.314 e. The van der Waals surface area contributed by atoms with Crippen LogP contribution in [0.25, 0.3) is 22.5 Å². The molecule has 20 nitrogen and oxygen atoms in total. The molecule has 0 bridgehead atoms. The van der Waals surface area contributed by atoms with Crippen LogP contribution in [0.1, 0.15) is 58.1 Å². The first kappa shape index (κ1) is 65.4. The fourth-order valence-corrected chi connectivity index (χ4v) is 11.0. The number of carbonyl (C=O) groups is 2. The third kappa shape index (κ3) is 20.8. The molecule has 8 rings (SSSR count). The van der Waals surface area contributed by atoms with Crippen LogP contribution >= 0.6 is 58.8 Å². The molecule has 0 spiro atoms. The van der Waals surface area contributed by atoms with Crippen LogP contribution in [-0.2, 0) is 54.6 Å². The summed E-state index contributed by atoms with van der Waals surface area (Å²) in [4.78, 5) is 28.8. The van der Waals surface area contributed by atoms with Crippen LogP contribution in [0, 0.1) is 0 Å². The molecule has 0 aliphatic carbocycles. The van der Waals surface area contributed by atoms with Crippen molar-refractivity contribution in [1.29, 1.82) is 0 Å². The van der Waals surface area contributed by atoms with Crippen LogP contribution in [-0.4, -0.2) is 184 Å². The van der Waals surface area contributed by atoms with Crippen molar-refractivity contribution in [2.45, 2.75) is 50.9 Å². The Hall–Kier alpha value is -5.17. The largest absolute Gasteiger partial charge is 0.377 e. The molecule has 0 radical (unpaired) electrons. The molecule has 2 aromatic heterocycles. The Morgan fingerprint density at radius 1 is 0.506 bits per heavy atom. The van der Waals surface area contributed by atoms with Crippen molar-refractivity contribution in [2.24, 2.45) is 0 Å². The summed E-state index contributed by atoms with van der Waals surface area (Å²) in [6.07, 6.45) is 5.27. The van der Waals surface area contributed by atoms with Crippen molar-refractivity contribution in [2.75, 3.05) is 133 Å². The Morgan fingerprint density at radius 3 is 1.29 bits per heavy atom. The molecule has 0 fully saturated rings. The quantitative estimate of drug-likeness (QED) is 0.0285. The smallest absolute Gasteiger partial charge is 0.314 e. The number of rotatable bonds is 33. The van der Waals surface area contributed by atoms with E-state index >= 15 is 0 Å². The highest BCUT2D eigenvalue weighted by atomic mass is 35.5. The van der Waals surface area contributed by atoms with Crippen molar-refractivity contribution < 1.29 is 38.0 Å². The lowest BCUT2D eigenvalue weighted by atomic mass is 9.84. The molecular weight excluding hydrogens is 1170 g/mol. The van der Waals surface area contributed by atoms with Gasteiger partial charge in [-0.2, -0.15) is 0 Å². The molecule has 0 saturated carbocycles. The molecule has 2 aliphatic rings. The van der Waals surface area contributed by atoms with Gasteiger partial charge >= 0.3 is 12.1 Å². The van der Waals surface area contributed by atoms with Gasteiger partial charge in [-0.15, -0.1) is 22.6 Å². The molecule has 4 amide bonds. The van der Waals surface area contributed by atoms with Gasteiger partial charge in [0.2, 0.25) is 0 Å². The maximum atomic E-state index is 12.1. The SMILES string of the molecule is CN1Cc2c(Cl)cc(Cl)cc2[C@H](c2cccc(-c3cn(CCOCCOCCOCCNC(=O)NCCCCNC(=O)NCCOCCOCCOCCn4cc(-c5cccc([C@@H]6CN(C)Cc7c(Cl)cc(Cl)cc76)c5)nn4)nn3)c2)C1.Cl. The van der Waals surface area contributed by atoms with E-state index in [1.54, 1.807) is 9.36 Å². The summed E-state index contributed by atoms with van der Waals surface area (Å²) in [7, 11) is 4.21. The van der Waals surface area contributed by atoms with Gasteiger partial charge in [0.05, 0.1) is 105 Å². The molecular formula is C58H75Cl5N12O8. The number of urea groups is 2. The van der Waals surface area contributed by atoms with Gasteiger partial charge in [-0.05, 0) is 96.7 Å².